The summed E-state index contributed by atoms with van der Waals surface area (Å²) in [6.45, 7) is 3.67. The number of ether oxygens (including phenoxy) is 1. The predicted molar refractivity (Wildman–Crippen MR) is 155 cm³/mol. The number of benzene rings is 2. The molecule has 4 aromatic rings. The number of esters is 1. The van der Waals surface area contributed by atoms with Crippen LogP contribution < -0.4 is 14.9 Å². The van der Waals surface area contributed by atoms with Crippen molar-refractivity contribution in [1.82, 2.24) is 4.57 Å². The number of rotatable bonds is 7. The third-order valence-corrected chi connectivity index (χ3v) is 8.39. The highest BCUT2D eigenvalue weighted by atomic mass is 35.5. The van der Waals surface area contributed by atoms with Gasteiger partial charge in [0.25, 0.3) is 5.56 Å². The topological polar surface area (TPSA) is 111 Å². The van der Waals surface area contributed by atoms with Crippen LogP contribution in [0.25, 0.3) is 17.4 Å². The van der Waals surface area contributed by atoms with E-state index in [0.29, 0.717) is 37.7 Å². The largest absolute Gasteiger partial charge is 0.478 e. The number of allylic oxidation sites excluding steroid dienone is 1. The number of furan rings is 1. The smallest absolute Gasteiger partial charge is 0.338 e. The van der Waals surface area contributed by atoms with Crippen molar-refractivity contribution in [3.63, 3.8) is 0 Å². The fraction of sp³-hybridized carbons (Fsp3) is 0.172. The van der Waals surface area contributed by atoms with Gasteiger partial charge in [0.2, 0.25) is 0 Å². The molecular formula is C29H23ClN2O6S2. The number of aromatic carboxylic acids is 1. The summed E-state index contributed by atoms with van der Waals surface area (Å²) >= 11 is 8.78. The van der Waals surface area contributed by atoms with E-state index in [2.05, 4.69) is 4.99 Å². The number of halogens is 1. The maximum absolute atomic E-state index is 13.8. The number of thiazole rings is 1. The zero-order valence-corrected chi connectivity index (χ0v) is 24.0. The SMILES string of the molecule is CCOC(=O)C1=C(C)N=c2s/c(=C\c3ccc(-c4ccc(Cl)c(C(=O)O)c4)o3)c(=O)n2[C@@H]1c1ccc(SC)cc1. The van der Waals surface area contributed by atoms with Crippen LogP contribution in [0.4, 0.5) is 0 Å². The maximum Gasteiger partial charge on any atom is 0.338 e. The first-order chi connectivity index (χ1) is 19.2. The van der Waals surface area contributed by atoms with Crippen molar-refractivity contribution in [2.24, 2.45) is 4.99 Å². The van der Waals surface area contributed by atoms with Gasteiger partial charge in [-0.25, -0.2) is 14.6 Å². The van der Waals surface area contributed by atoms with E-state index in [1.54, 1.807) is 49.9 Å². The molecule has 0 fully saturated rings. The molecule has 1 aliphatic heterocycles. The van der Waals surface area contributed by atoms with Gasteiger partial charge in [0, 0.05) is 16.5 Å². The second kappa shape index (κ2) is 11.3. The van der Waals surface area contributed by atoms with Gasteiger partial charge in [-0.1, -0.05) is 35.1 Å². The molecule has 204 valence electrons. The molecular weight excluding hydrogens is 572 g/mol. The van der Waals surface area contributed by atoms with Crippen molar-refractivity contribution in [2.45, 2.75) is 24.8 Å². The van der Waals surface area contributed by atoms with Crippen LogP contribution in [0.5, 0.6) is 0 Å². The average Bonchev–Trinajstić information content (AvgIpc) is 3.52. The maximum atomic E-state index is 13.8. The number of carbonyl (C=O) groups is 2. The second-order valence-electron chi connectivity index (χ2n) is 8.78. The molecule has 1 atom stereocenters. The molecule has 0 spiro atoms. The van der Waals surface area contributed by atoms with Crippen molar-refractivity contribution in [1.29, 1.82) is 0 Å². The zero-order chi connectivity index (χ0) is 28.6. The summed E-state index contributed by atoms with van der Waals surface area (Å²) in [7, 11) is 0. The van der Waals surface area contributed by atoms with Crippen molar-refractivity contribution >= 4 is 52.7 Å². The Morgan fingerprint density at radius 1 is 1.20 bits per heavy atom. The minimum absolute atomic E-state index is 0.0382. The summed E-state index contributed by atoms with van der Waals surface area (Å²) in [5, 5.41) is 9.50. The number of carboxylic acid groups (broad SMARTS) is 1. The van der Waals surface area contributed by atoms with Crippen LogP contribution in [0.3, 0.4) is 0 Å². The van der Waals surface area contributed by atoms with Crippen molar-refractivity contribution in [2.75, 3.05) is 12.9 Å². The molecule has 2 aromatic heterocycles. The van der Waals surface area contributed by atoms with E-state index in [9.17, 15) is 19.5 Å². The van der Waals surface area contributed by atoms with E-state index >= 15 is 0 Å². The lowest BCUT2D eigenvalue weighted by Crippen LogP contribution is -2.39. The third-order valence-electron chi connectivity index (χ3n) is 6.33. The third kappa shape index (κ3) is 5.17. The Labute approximate surface area is 241 Å². The quantitative estimate of drug-likeness (QED) is 0.233. The Morgan fingerprint density at radius 3 is 2.62 bits per heavy atom. The molecule has 3 heterocycles. The van der Waals surface area contributed by atoms with Crippen LogP contribution >= 0.6 is 34.7 Å². The van der Waals surface area contributed by atoms with Crippen LogP contribution in [0.2, 0.25) is 5.02 Å². The van der Waals surface area contributed by atoms with Gasteiger partial charge in [0.15, 0.2) is 4.80 Å². The van der Waals surface area contributed by atoms with Gasteiger partial charge < -0.3 is 14.3 Å². The molecule has 0 radical (unpaired) electrons. The van der Waals surface area contributed by atoms with Gasteiger partial charge in [-0.15, -0.1) is 11.8 Å². The first-order valence-corrected chi connectivity index (χ1v) is 14.6. The van der Waals surface area contributed by atoms with Crippen LogP contribution in [-0.4, -0.2) is 34.5 Å². The summed E-state index contributed by atoms with van der Waals surface area (Å²) in [5.74, 6) is -0.842. The molecule has 11 heteroatoms. The highest BCUT2D eigenvalue weighted by Gasteiger charge is 2.33. The van der Waals surface area contributed by atoms with Crippen LogP contribution in [0.1, 0.15) is 41.6 Å². The van der Waals surface area contributed by atoms with Gasteiger partial charge in [-0.2, -0.15) is 0 Å². The van der Waals surface area contributed by atoms with E-state index in [4.69, 9.17) is 20.8 Å². The highest BCUT2D eigenvalue weighted by molar-refractivity contribution is 7.98. The van der Waals surface area contributed by atoms with E-state index < -0.39 is 18.0 Å². The molecule has 8 nitrogen and oxygen atoms in total. The van der Waals surface area contributed by atoms with Gasteiger partial charge in [0.1, 0.15) is 11.5 Å². The fourth-order valence-corrected chi connectivity index (χ4v) is 6.08. The Kier molecular flexibility index (Phi) is 7.84. The average molecular weight is 595 g/mol. The Hall–Kier alpha value is -3.86. The van der Waals surface area contributed by atoms with Crippen LogP contribution in [0.15, 0.2) is 85.0 Å². The Morgan fingerprint density at radius 2 is 1.95 bits per heavy atom. The standard InChI is InChI=1S/C29H23ClN2O6S2/c1-4-37-28(36)24-15(2)31-29-32(25(24)16-5-9-19(39-3)10-6-16)26(33)23(40-29)14-18-8-12-22(38-18)17-7-11-21(30)20(13-17)27(34)35/h5-14,25H,4H2,1-3H3,(H,34,35)/b23-14-/t25-/m1/s1. The molecule has 0 bridgehead atoms. The van der Waals surface area contributed by atoms with Crippen molar-refractivity contribution in [3.05, 3.63) is 107 Å². The predicted octanol–water partition coefficient (Wildman–Crippen LogP) is 5.13. The normalized spacial score (nSPS) is 15.1. The zero-order valence-electron chi connectivity index (χ0n) is 21.6. The molecule has 0 saturated heterocycles. The number of thioether (sulfide) groups is 1. The van der Waals surface area contributed by atoms with Crippen LogP contribution in [-0.2, 0) is 9.53 Å². The molecule has 1 aliphatic rings. The van der Waals surface area contributed by atoms with Gasteiger partial charge in [-0.05, 0) is 68.1 Å². The summed E-state index contributed by atoms with van der Waals surface area (Å²) in [5.41, 5.74) is 1.74. The first-order valence-electron chi connectivity index (χ1n) is 12.2. The van der Waals surface area contributed by atoms with Gasteiger partial charge >= 0.3 is 11.9 Å². The van der Waals surface area contributed by atoms with Crippen molar-refractivity contribution < 1.29 is 23.8 Å². The van der Waals surface area contributed by atoms with E-state index in [0.717, 1.165) is 10.5 Å². The second-order valence-corrected chi connectivity index (χ2v) is 11.1. The number of nitrogens with zero attached hydrogens (tertiary/aromatic N) is 2. The molecule has 0 saturated carbocycles. The number of fused-ring (bicyclic) bond motifs is 1. The minimum atomic E-state index is -1.14. The van der Waals surface area contributed by atoms with Crippen molar-refractivity contribution in [3.8, 4) is 11.3 Å². The lowest BCUT2D eigenvalue weighted by atomic mass is 9.96. The summed E-state index contributed by atoms with van der Waals surface area (Å²) in [6, 6.07) is 15.0. The fourth-order valence-electron chi connectivity index (χ4n) is 4.45. The van der Waals surface area contributed by atoms with E-state index in [1.807, 2.05) is 30.5 Å². The summed E-state index contributed by atoms with van der Waals surface area (Å²) in [4.78, 5) is 44.4. The first kappa shape index (κ1) is 27.7. The molecule has 0 unspecified atom stereocenters. The molecule has 0 amide bonds. The highest BCUT2D eigenvalue weighted by Crippen LogP contribution is 2.32. The number of aromatic nitrogens is 1. The number of hydrogen-bond acceptors (Lipinski definition) is 8. The Balaban J connectivity index is 1.61. The number of carboxylic acids is 1. The molecule has 1 N–H and O–H groups in total. The van der Waals surface area contributed by atoms with Gasteiger partial charge in [0.05, 0.1) is 39.0 Å². The number of hydrogen-bond donors (Lipinski definition) is 1. The number of carbonyl (C=O) groups excluding carboxylic acids is 1. The Bertz CT molecular complexity index is 1850. The molecule has 5 rings (SSSR count). The molecule has 0 aliphatic carbocycles. The lowest BCUT2D eigenvalue weighted by molar-refractivity contribution is -0.139. The van der Waals surface area contributed by atoms with Crippen LogP contribution in [0, 0.1) is 0 Å². The van der Waals surface area contributed by atoms with E-state index in [1.165, 1.54) is 28.0 Å². The summed E-state index contributed by atoms with van der Waals surface area (Å²) in [6.07, 6.45) is 3.59. The van der Waals surface area contributed by atoms with E-state index in [-0.39, 0.29) is 22.8 Å². The molecule has 2 aromatic carbocycles. The lowest BCUT2D eigenvalue weighted by Gasteiger charge is -2.24. The van der Waals surface area contributed by atoms with Gasteiger partial charge in [-0.3, -0.25) is 9.36 Å². The monoisotopic (exact) mass is 594 g/mol. The summed E-state index contributed by atoms with van der Waals surface area (Å²) < 4.78 is 13.2. The minimum Gasteiger partial charge on any atom is -0.478 e. The molecule has 40 heavy (non-hydrogen) atoms.